The topological polar surface area (TPSA) is 54.9 Å². The summed E-state index contributed by atoms with van der Waals surface area (Å²) >= 11 is 0. The van der Waals surface area contributed by atoms with Gasteiger partial charge in [0.05, 0.1) is 12.6 Å². The number of nitrogens with one attached hydrogen (secondary N) is 2. The van der Waals surface area contributed by atoms with Crippen LogP contribution >= 0.6 is 24.0 Å². The van der Waals surface area contributed by atoms with Crippen molar-refractivity contribution in [2.24, 2.45) is 4.99 Å². The standard InChI is InChI=1S/C22H35N3O2.HI/c1-2-23-21(24-14-7-15-27-20-10-16-26-17-11-20)25-18-22(12-6-13-22)19-8-4-3-5-9-19;/h3-5,8-9,20H,2,6-7,10-18H2,1H3,(H2,23,24,25);1H. The lowest BCUT2D eigenvalue weighted by Crippen LogP contribution is -2.42. The third-order valence-electron chi connectivity index (χ3n) is 5.72. The zero-order valence-corrected chi connectivity index (χ0v) is 19.5. The van der Waals surface area contributed by atoms with Gasteiger partial charge in [-0.25, -0.2) is 0 Å². The van der Waals surface area contributed by atoms with Gasteiger partial charge in [0.2, 0.25) is 0 Å². The minimum atomic E-state index is 0. The molecule has 0 bridgehead atoms. The molecule has 0 aromatic heterocycles. The van der Waals surface area contributed by atoms with Crippen molar-refractivity contribution in [1.82, 2.24) is 10.6 Å². The first-order valence-electron chi connectivity index (χ1n) is 10.6. The predicted molar refractivity (Wildman–Crippen MR) is 126 cm³/mol. The summed E-state index contributed by atoms with van der Waals surface area (Å²) in [5.74, 6) is 0.922. The maximum atomic E-state index is 5.94. The third-order valence-corrected chi connectivity index (χ3v) is 5.72. The van der Waals surface area contributed by atoms with Crippen LogP contribution < -0.4 is 10.6 Å². The number of nitrogens with zero attached hydrogens (tertiary/aromatic N) is 1. The summed E-state index contributed by atoms with van der Waals surface area (Å²) in [5, 5.41) is 6.84. The van der Waals surface area contributed by atoms with Crippen LogP contribution in [0, 0.1) is 0 Å². The van der Waals surface area contributed by atoms with Crippen molar-refractivity contribution in [2.75, 3.05) is 39.5 Å². The first-order chi connectivity index (χ1) is 13.3. The van der Waals surface area contributed by atoms with Crippen molar-refractivity contribution < 1.29 is 9.47 Å². The maximum absolute atomic E-state index is 5.94. The average molecular weight is 501 g/mol. The number of guanidine groups is 1. The van der Waals surface area contributed by atoms with E-state index in [-0.39, 0.29) is 29.4 Å². The largest absolute Gasteiger partial charge is 0.381 e. The minimum absolute atomic E-state index is 0. The minimum Gasteiger partial charge on any atom is -0.381 e. The number of hydrogen-bond acceptors (Lipinski definition) is 3. The van der Waals surface area contributed by atoms with Crippen molar-refractivity contribution in [3.05, 3.63) is 35.9 Å². The smallest absolute Gasteiger partial charge is 0.191 e. The summed E-state index contributed by atoms with van der Waals surface area (Å²) in [6.07, 6.45) is 7.20. The second-order valence-corrected chi connectivity index (χ2v) is 7.66. The van der Waals surface area contributed by atoms with Crippen LogP contribution in [0.2, 0.25) is 0 Å². The summed E-state index contributed by atoms with van der Waals surface area (Å²) < 4.78 is 11.3. The van der Waals surface area contributed by atoms with Crippen molar-refractivity contribution in [3.63, 3.8) is 0 Å². The van der Waals surface area contributed by atoms with Gasteiger partial charge in [-0.2, -0.15) is 0 Å². The van der Waals surface area contributed by atoms with Crippen LogP contribution in [-0.4, -0.2) is 51.5 Å². The highest BCUT2D eigenvalue weighted by Crippen LogP contribution is 2.43. The average Bonchev–Trinajstić information content (AvgIpc) is 2.68. The molecule has 1 aliphatic heterocycles. The van der Waals surface area contributed by atoms with Crippen molar-refractivity contribution in [3.8, 4) is 0 Å². The monoisotopic (exact) mass is 501 g/mol. The Morgan fingerprint density at radius 3 is 2.57 bits per heavy atom. The Morgan fingerprint density at radius 2 is 1.93 bits per heavy atom. The van der Waals surface area contributed by atoms with Gasteiger partial charge in [0.25, 0.3) is 0 Å². The molecule has 1 aromatic carbocycles. The fraction of sp³-hybridized carbons (Fsp3) is 0.682. The van der Waals surface area contributed by atoms with Crippen LogP contribution in [-0.2, 0) is 14.9 Å². The molecule has 5 nitrogen and oxygen atoms in total. The van der Waals surface area contributed by atoms with E-state index in [0.29, 0.717) is 6.10 Å². The lowest BCUT2D eigenvalue weighted by atomic mass is 9.64. The second-order valence-electron chi connectivity index (χ2n) is 7.66. The van der Waals surface area contributed by atoms with Gasteiger partial charge < -0.3 is 20.1 Å². The SMILES string of the molecule is CCNC(=NCC1(c2ccccc2)CCC1)NCCCOC1CCOCC1.I. The van der Waals surface area contributed by atoms with Crippen molar-refractivity contribution >= 4 is 29.9 Å². The first kappa shape index (κ1) is 23.4. The molecule has 2 aliphatic rings. The van der Waals surface area contributed by atoms with Crippen LogP contribution in [0.5, 0.6) is 0 Å². The van der Waals surface area contributed by atoms with Crippen molar-refractivity contribution in [1.29, 1.82) is 0 Å². The Morgan fingerprint density at radius 1 is 1.18 bits per heavy atom. The fourth-order valence-corrected chi connectivity index (χ4v) is 3.88. The molecular formula is C22H36IN3O2. The molecule has 3 rings (SSSR count). The highest BCUT2D eigenvalue weighted by atomic mass is 127. The number of ether oxygens (including phenoxy) is 2. The van der Waals surface area contributed by atoms with Gasteiger partial charge in [0, 0.05) is 38.3 Å². The number of rotatable bonds is 9. The molecule has 0 amide bonds. The van der Waals surface area contributed by atoms with Gasteiger partial charge in [-0.15, -0.1) is 24.0 Å². The molecule has 2 N–H and O–H groups in total. The van der Waals surface area contributed by atoms with Crippen molar-refractivity contribution in [2.45, 2.75) is 57.0 Å². The van der Waals surface area contributed by atoms with Crippen LogP contribution in [0.4, 0.5) is 0 Å². The number of aliphatic imine (C=N–C) groups is 1. The van der Waals surface area contributed by atoms with E-state index < -0.39 is 0 Å². The number of halogens is 1. The van der Waals surface area contributed by atoms with E-state index in [2.05, 4.69) is 47.9 Å². The van der Waals surface area contributed by atoms with Gasteiger partial charge in [-0.1, -0.05) is 36.8 Å². The van der Waals surface area contributed by atoms with E-state index in [9.17, 15) is 0 Å². The molecular weight excluding hydrogens is 465 g/mol. The molecule has 28 heavy (non-hydrogen) atoms. The molecule has 0 unspecified atom stereocenters. The van der Waals surface area contributed by atoms with E-state index in [1.54, 1.807) is 0 Å². The zero-order chi connectivity index (χ0) is 18.8. The second kappa shape index (κ2) is 12.6. The molecule has 1 aliphatic carbocycles. The van der Waals surface area contributed by atoms with Crippen LogP contribution in [0.1, 0.15) is 51.0 Å². The van der Waals surface area contributed by atoms with E-state index in [1.165, 1.54) is 24.8 Å². The summed E-state index contributed by atoms with van der Waals surface area (Å²) in [5.41, 5.74) is 1.66. The Hall–Kier alpha value is -0.860. The van der Waals surface area contributed by atoms with E-state index in [0.717, 1.165) is 64.7 Å². The zero-order valence-electron chi connectivity index (χ0n) is 17.1. The van der Waals surface area contributed by atoms with Crippen LogP contribution in [0.15, 0.2) is 35.3 Å². The van der Waals surface area contributed by atoms with Crippen LogP contribution in [0.25, 0.3) is 0 Å². The molecule has 1 saturated carbocycles. The predicted octanol–water partition coefficient (Wildman–Crippen LogP) is 3.87. The molecule has 1 aromatic rings. The lowest BCUT2D eigenvalue weighted by molar-refractivity contribution is -0.0320. The van der Waals surface area contributed by atoms with Crippen LogP contribution in [0.3, 0.4) is 0 Å². The van der Waals surface area contributed by atoms with E-state index in [4.69, 9.17) is 14.5 Å². The lowest BCUT2D eigenvalue weighted by Gasteiger charge is -2.41. The highest BCUT2D eigenvalue weighted by Gasteiger charge is 2.38. The Kier molecular flexibility index (Phi) is 10.6. The van der Waals surface area contributed by atoms with E-state index in [1.807, 2.05) is 0 Å². The van der Waals surface area contributed by atoms with Gasteiger partial charge in [0.1, 0.15) is 0 Å². The normalized spacial score (nSPS) is 19.4. The molecule has 1 saturated heterocycles. The summed E-state index contributed by atoms with van der Waals surface area (Å²) in [6.45, 7) is 7.19. The molecule has 6 heteroatoms. The molecule has 0 radical (unpaired) electrons. The van der Waals surface area contributed by atoms with E-state index >= 15 is 0 Å². The molecule has 2 fully saturated rings. The third kappa shape index (κ3) is 6.88. The number of hydrogen-bond donors (Lipinski definition) is 2. The van der Waals surface area contributed by atoms with Gasteiger partial charge in [-0.05, 0) is 44.6 Å². The number of benzene rings is 1. The Bertz CT molecular complexity index is 572. The molecule has 158 valence electrons. The molecule has 1 heterocycles. The molecule has 0 spiro atoms. The first-order valence-corrected chi connectivity index (χ1v) is 10.6. The summed E-state index contributed by atoms with van der Waals surface area (Å²) in [4.78, 5) is 4.91. The highest BCUT2D eigenvalue weighted by molar-refractivity contribution is 14.0. The maximum Gasteiger partial charge on any atom is 0.191 e. The Balaban J connectivity index is 0.00000280. The van der Waals surface area contributed by atoms with Gasteiger partial charge >= 0.3 is 0 Å². The van der Waals surface area contributed by atoms with Gasteiger partial charge in [-0.3, -0.25) is 4.99 Å². The fourth-order valence-electron chi connectivity index (χ4n) is 3.88. The summed E-state index contributed by atoms with van der Waals surface area (Å²) in [7, 11) is 0. The summed E-state index contributed by atoms with van der Waals surface area (Å²) in [6, 6.07) is 10.9. The molecule has 0 atom stereocenters. The Labute approximate surface area is 187 Å². The van der Waals surface area contributed by atoms with Gasteiger partial charge in [0.15, 0.2) is 5.96 Å². The quantitative estimate of drug-likeness (QED) is 0.234.